The topological polar surface area (TPSA) is 58.4 Å². The predicted octanol–water partition coefficient (Wildman–Crippen LogP) is 2.29. The number of aryl methyl sites for hydroxylation is 1. The summed E-state index contributed by atoms with van der Waals surface area (Å²) in [6, 6.07) is 11.8. The number of likely N-dealkylation sites (tertiary alicyclic amines) is 2. The van der Waals surface area contributed by atoms with Crippen LogP contribution in [0.25, 0.3) is 0 Å². The zero-order valence-electron chi connectivity index (χ0n) is 15.9. The van der Waals surface area contributed by atoms with Gasteiger partial charge in [0.25, 0.3) is 5.91 Å². The Morgan fingerprint density at radius 3 is 2.63 bits per heavy atom. The van der Waals surface area contributed by atoms with Crippen molar-refractivity contribution in [1.29, 1.82) is 0 Å². The van der Waals surface area contributed by atoms with Gasteiger partial charge in [0.15, 0.2) is 0 Å². The van der Waals surface area contributed by atoms with Crippen LogP contribution in [-0.2, 0) is 11.8 Å². The smallest absolute Gasteiger partial charge is 0.274 e. The van der Waals surface area contributed by atoms with E-state index in [0.717, 1.165) is 24.9 Å². The molecule has 6 nitrogen and oxygen atoms in total. The van der Waals surface area contributed by atoms with Gasteiger partial charge < -0.3 is 9.80 Å². The van der Waals surface area contributed by atoms with Gasteiger partial charge in [0.2, 0.25) is 5.91 Å². The highest BCUT2D eigenvalue weighted by atomic mass is 16.2. The lowest BCUT2D eigenvalue weighted by Crippen LogP contribution is -2.49. The van der Waals surface area contributed by atoms with E-state index in [-0.39, 0.29) is 23.8 Å². The Balaban J connectivity index is 1.49. The van der Waals surface area contributed by atoms with Gasteiger partial charge in [-0.2, -0.15) is 5.10 Å². The SMILES string of the molecule is CC(C(=O)N1CCC[C@H]2CN(C(=O)c3ccn(C)n3)C[C@H]21)c1ccccc1. The summed E-state index contributed by atoms with van der Waals surface area (Å²) in [5.41, 5.74) is 1.52. The Bertz CT molecular complexity index is 832. The third-order valence-corrected chi connectivity index (χ3v) is 5.95. The van der Waals surface area contributed by atoms with Gasteiger partial charge >= 0.3 is 0 Å². The number of hydrogen-bond acceptors (Lipinski definition) is 3. The van der Waals surface area contributed by atoms with Crippen LogP contribution in [0.4, 0.5) is 0 Å². The molecule has 2 aromatic rings. The first kappa shape index (κ1) is 17.8. The molecule has 2 fully saturated rings. The highest BCUT2D eigenvalue weighted by molar-refractivity contribution is 5.92. The summed E-state index contributed by atoms with van der Waals surface area (Å²) in [6.07, 6.45) is 3.86. The molecule has 0 radical (unpaired) electrons. The fourth-order valence-corrected chi connectivity index (χ4v) is 4.44. The summed E-state index contributed by atoms with van der Waals surface area (Å²) < 4.78 is 1.65. The Morgan fingerprint density at radius 2 is 1.93 bits per heavy atom. The molecule has 27 heavy (non-hydrogen) atoms. The first-order valence-electron chi connectivity index (χ1n) is 9.69. The molecule has 1 aromatic carbocycles. The van der Waals surface area contributed by atoms with Gasteiger partial charge in [0, 0.05) is 32.9 Å². The van der Waals surface area contributed by atoms with Gasteiger partial charge in [-0.1, -0.05) is 30.3 Å². The molecule has 0 spiro atoms. The number of hydrogen-bond donors (Lipinski definition) is 0. The molecule has 2 aliphatic rings. The maximum Gasteiger partial charge on any atom is 0.274 e. The number of rotatable bonds is 3. The molecule has 2 aliphatic heterocycles. The summed E-state index contributed by atoms with van der Waals surface area (Å²) in [5.74, 6) is 0.334. The van der Waals surface area contributed by atoms with Crippen LogP contribution in [0.5, 0.6) is 0 Å². The fraction of sp³-hybridized carbons (Fsp3) is 0.476. The van der Waals surface area contributed by atoms with Crippen LogP contribution >= 0.6 is 0 Å². The lowest BCUT2D eigenvalue weighted by Gasteiger charge is -2.38. The van der Waals surface area contributed by atoms with Crippen molar-refractivity contribution < 1.29 is 9.59 Å². The highest BCUT2D eigenvalue weighted by Gasteiger charge is 2.43. The molecule has 142 valence electrons. The first-order chi connectivity index (χ1) is 13.0. The second kappa shape index (κ2) is 7.18. The molecule has 4 rings (SSSR count). The van der Waals surface area contributed by atoms with Crippen molar-refractivity contribution in [3.05, 3.63) is 53.9 Å². The standard InChI is InChI=1S/C21H26N4O2/c1-15(16-7-4-3-5-8-16)20(26)25-11-6-9-17-13-24(14-19(17)25)21(27)18-10-12-23(2)22-18/h3-5,7-8,10,12,15,17,19H,6,9,11,13-14H2,1-2H3/t15?,17-,19+/m0/s1. The summed E-state index contributed by atoms with van der Waals surface area (Å²) in [5, 5.41) is 4.24. The van der Waals surface area contributed by atoms with Crippen LogP contribution in [0, 0.1) is 5.92 Å². The molecule has 0 saturated carbocycles. The summed E-state index contributed by atoms with van der Waals surface area (Å²) in [6.45, 7) is 4.08. The Morgan fingerprint density at radius 1 is 1.15 bits per heavy atom. The van der Waals surface area contributed by atoms with Gasteiger partial charge in [0.1, 0.15) is 5.69 Å². The van der Waals surface area contributed by atoms with Crippen molar-refractivity contribution in [2.45, 2.75) is 31.7 Å². The van der Waals surface area contributed by atoms with Gasteiger partial charge in [-0.15, -0.1) is 0 Å². The minimum atomic E-state index is -0.162. The van der Waals surface area contributed by atoms with Crippen LogP contribution in [0.15, 0.2) is 42.6 Å². The average molecular weight is 366 g/mol. The van der Waals surface area contributed by atoms with Crippen molar-refractivity contribution in [1.82, 2.24) is 19.6 Å². The molecule has 1 aromatic heterocycles. The molecule has 0 bridgehead atoms. The zero-order chi connectivity index (χ0) is 19.0. The van der Waals surface area contributed by atoms with Crippen LogP contribution in [0.3, 0.4) is 0 Å². The van der Waals surface area contributed by atoms with E-state index >= 15 is 0 Å². The summed E-state index contributed by atoms with van der Waals surface area (Å²) in [4.78, 5) is 29.9. The third-order valence-electron chi connectivity index (χ3n) is 5.95. The van der Waals surface area contributed by atoms with E-state index < -0.39 is 0 Å². The van der Waals surface area contributed by atoms with Crippen molar-refractivity contribution in [3.8, 4) is 0 Å². The normalized spacial score (nSPS) is 23.2. The molecule has 1 unspecified atom stereocenters. The van der Waals surface area contributed by atoms with E-state index in [4.69, 9.17) is 0 Å². The highest BCUT2D eigenvalue weighted by Crippen LogP contribution is 2.33. The quantitative estimate of drug-likeness (QED) is 0.837. The number of carbonyl (C=O) groups is 2. The van der Waals surface area contributed by atoms with Crippen LogP contribution in [0.2, 0.25) is 0 Å². The zero-order valence-corrected chi connectivity index (χ0v) is 15.9. The van der Waals surface area contributed by atoms with Crippen LogP contribution in [-0.4, -0.2) is 57.1 Å². The molecule has 2 saturated heterocycles. The van der Waals surface area contributed by atoms with E-state index in [0.29, 0.717) is 24.7 Å². The predicted molar refractivity (Wildman–Crippen MR) is 102 cm³/mol. The lowest BCUT2D eigenvalue weighted by molar-refractivity contribution is -0.136. The van der Waals surface area contributed by atoms with E-state index in [2.05, 4.69) is 5.10 Å². The van der Waals surface area contributed by atoms with Gasteiger partial charge in [-0.05, 0) is 37.3 Å². The Hall–Kier alpha value is -2.63. The van der Waals surface area contributed by atoms with E-state index in [1.165, 1.54) is 0 Å². The summed E-state index contributed by atoms with van der Waals surface area (Å²) in [7, 11) is 1.81. The summed E-state index contributed by atoms with van der Waals surface area (Å²) >= 11 is 0. The largest absolute Gasteiger partial charge is 0.337 e. The Kier molecular flexibility index (Phi) is 4.72. The molecule has 3 atom stereocenters. The van der Waals surface area contributed by atoms with Crippen molar-refractivity contribution in [3.63, 3.8) is 0 Å². The molecule has 2 amide bonds. The number of piperidine rings is 1. The van der Waals surface area contributed by atoms with Gasteiger partial charge in [-0.25, -0.2) is 0 Å². The molecular weight excluding hydrogens is 340 g/mol. The third kappa shape index (κ3) is 3.36. The van der Waals surface area contributed by atoms with Crippen LogP contribution < -0.4 is 0 Å². The van der Waals surface area contributed by atoms with Crippen molar-refractivity contribution >= 4 is 11.8 Å². The Labute approximate surface area is 159 Å². The monoisotopic (exact) mass is 366 g/mol. The molecule has 6 heteroatoms. The number of aromatic nitrogens is 2. The van der Waals surface area contributed by atoms with E-state index in [1.54, 1.807) is 16.9 Å². The number of fused-ring (bicyclic) bond motifs is 1. The average Bonchev–Trinajstić information content (AvgIpc) is 3.33. The van der Waals surface area contributed by atoms with E-state index in [1.807, 2.05) is 54.1 Å². The maximum absolute atomic E-state index is 13.2. The maximum atomic E-state index is 13.2. The second-order valence-electron chi connectivity index (χ2n) is 7.72. The fourth-order valence-electron chi connectivity index (χ4n) is 4.44. The minimum absolute atomic E-state index is 0.0338. The molecule has 0 N–H and O–H groups in total. The number of amides is 2. The first-order valence-corrected chi connectivity index (χ1v) is 9.69. The molecular formula is C21H26N4O2. The molecule has 0 aliphatic carbocycles. The second-order valence-corrected chi connectivity index (χ2v) is 7.72. The van der Waals surface area contributed by atoms with Crippen molar-refractivity contribution in [2.24, 2.45) is 13.0 Å². The number of benzene rings is 1. The van der Waals surface area contributed by atoms with E-state index in [9.17, 15) is 9.59 Å². The number of nitrogens with zero attached hydrogens (tertiary/aromatic N) is 4. The number of carbonyl (C=O) groups excluding carboxylic acids is 2. The van der Waals surface area contributed by atoms with Gasteiger partial charge in [0.05, 0.1) is 12.0 Å². The van der Waals surface area contributed by atoms with Crippen LogP contribution in [0.1, 0.15) is 41.7 Å². The van der Waals surface area contributed by atoms with Gasteiger partial charge in [-0.3, -0.25) is 14.3 Å². The van der Waals surface area contributed by atoms with Crippen molar-refractivity contribution in [2.75, 3.05) is 19.6 Å². The lowest BCUT2D eigenvalue weighted by atomic mass is 9.90. The minimum Gasteiger partial charge on any atom is -0.337 e. The molecule has 3 heterocycles.